The van der Waals surface area contributed by atoms with Crippen LogP contribution in [0.5, 0.6) is 0 Å². The lowest BCUT2D eigenvalue weighted by Crippen LogP contribution is -2.16. The van der Waals surface area contributed by atoms with E-state index in [1.165, 1.54) is 0 Å². The van der Waals surface area contributed by atoms with Gasteiger partial charge < -0.3 is 5.32 Å². The molecule has 0 saturated heterocycles. The molecular formula is C10H8Cl2INO. The zero-order valence-corrected chi connectivity index (χ0v) is 11.3. The molecule has 1 aliphatic rings. The van der Waals surface area contributed by atoms with E-state index in [4.69, 9.17) is 23.2 Å². The standard InChI is InChI=1S/C10H8Cl2INO/c11-10(12)5-8(10)9(15)14-7-3-1-2-6(13)4-7/h1-4,8H,5H2,(H,14,15)/t8-/m1/s1. The number of carbonyl (C=O) groups excluding carboxylic acids is 1. The fourth-order valence-electron chi connectivity index (χ4n) is 1.29. The Morgan fingerprint density at radius 2 is 2.20 bits per heavy atom. The summed E-state index contributed by atoms with van der Waals surface area (Å²) in [6.07, 6.45) is 0.534. The number of nitrogens with one attached hydrogen (secondary N) is 1. The predicted molar refractivity (Wildman–Crippen MR) is 70.3 cm³/mol. The number of amides is 1. The van der Waals surface area contributed by atoms with Gasteiger partial charge in [0.25, 0.3) is 0 Å². The molecular weight excluding hydrogens is 348 g/mol. The van der Waals surface area contributed by atoms with Crippen LogP contribution in [0.4, 0.5) is 5.69 Å². The van der Waals surface area contributed by atoms with Crippen LogP contribution in [-0.4, -0.2) is 10.2 Å². The lowest BCUT2D eigenvalue weighted by Gasteiger charge is -2.05. The van der Waals surface area contributed by atoms with Crippen molar-refractivity contribution in [1.82, 2.24) is 0 Å². The molecule has 5 heteroatoms. The highest BCUT2D eigenvalue weighted by Crippen LogP contribution is 2.53. The highest BCUT2D eigenvalue weighted by atomic mass is 127. The lowest BCUT2D eigenvalue weighted by molar-refractivity contribution is -0.117. The van der Waals surface area contributed by atoms with Crippen LogP contribution in [0.2, 0.25) is 0 Å². The summed E-state index contributed by atoms with van der Waals surface area (Å²) in [4.78, 5) is 11.6. The van der Waals surface area contributed by atoms with Crippen LogP contribution in [0.15, 0.2) is 24.3 Å². The van der Waals surface area contributed by atoms with Gasteiger partial charge >= 0.3 is 0 Å². The lowest BCUT2D eigenvalue weighted by atomic mass is 10.3. The molecule has 2 nitrogen and oxygen atoms in total. The molecule has 80 valence electrons. The third kappa shape index (κ3) is 2.77. The zero-order valence-electron chi connectivity index (χ0n) is 7.64. The van der Waals surface area contributed by atoms with Crippen LogP contribution in [0.25, 0.3) is 0 Å². The molecule has 1 atom stereocenters. The van der Waals surface area contributed by atoms with E-state index >= 15 is 0 Å². The van der Waals surface area contributed by atoms with Crippen molar-refractivity contribution in [3.05, 3.63) is 27.8 Å². The minimum atomic E-state index is -0.855. The molecule has 1 aliphatic carbocycles. The quantitative estimate of drug-likeness (QED) is 0.639. The van der Waals surface area contributed by atoms with Crippen LogP contribution in [0.3, 0.4) is 0 Å². The Balaban J connectivity index is 2.01. The second-order valence-electron chi connectivity index (χ2n) is 3.52. The van der Waals surface area contributed by atoms with Gasteiger partial charge in [0.1, 0.15) is 4.33 Å². The average Bonchev–Trinajstić information content (AvgIpc) is 2.75. The monoisotopic (exact) mass is 355 g/mol. The van der Waals surface area contributed by atoms with Gasteiger partial charge in [-0.1, -0.05) is 6.07 Å². The van der Waals surface area contributed by atoms with E-state index in [0.717, 1.165) is 9.26 Å². The van der Waals surface area contributed by atoms with Crippen molar-refractivity contribution in [3.8, 4) is 0 Å². The van der Waals surface area contributed by atoms with Crippen LogP contribution < -0.4 is 5.32 Å². The Kier molecular flexibility index (Phi) is 3.14. The predicted octanol–water partition coefficient (Wildman–Crippen LogP) is 3.42. The Morgan fingerprint density at radius 3 is 2.73 bits per heavy atom. The first-order chi connectivity index (χ1) is 6.99. The smallest absolute Gasteiger partial charge is 0.230 e. The second-order valence-corrected chi connectivity index (χ2v) is 6.31. The average molecular weight is 356 g/mol. The number of hydrogen-bond acceptors (Lipinski definition) is 1. The fraction of sp³-hybridized carbons (Fsp3) is 0.300. The van der Waals surface area contributed by atoms with Crippen molar-refractivity contribution in [2.24, 2.45) is 5.92 Å². The van der Waals surface area contributed by atoms with Crippen LogP contribution in [0.1, 0.15) is 6.42 Å². The van der Waals surface area contributed by atoms with E-state index in [9.17, 15) is 4.79 Å². The van der Waals surface area contributed by atoms with Crippen molar-refractivity contribution in [2.45, 2.75) is 10.8 Å². The molecule has 0 spiro atoms. The molecule has 0 unspecified atom stereocenters. The largest absolute Gasteiger partial charge is 0.326 e. The van der Waals surface area contributed by atoms with Gasteiger partial charge in [0, 0.05) is 9.26 Å². The van der Waals surface area contributed by atoms with Gasteiger partial charge in [-0.3, -0.25) is 4.79 Å². The first-order valence-electron chi connectivity index (χ1n) is 4.43. The Bertz CT molecular complexity index is 408. The summed E-state index contributed by atoms with van der Waals surface area (Å²) in [6, 6.07) is 7.58. The summed E-state index contributed by atoms with van der Waals surface area (Å²) in [7, 11) is 0. The molecule has 0 radical (unpaired) electrons. The molecule has 0 heterocycles. The molecule has 1 N–H and O–H groups in total. The molecule has 1 fully saturated rings. The van der Waals surface area contributed by atoms with E-state index < -0.39 is 4.33 Å². The zero-order chi connectivity index (χ0) is 11.1. The number of benzene rings is 1. The first-order valence-corrected chi connectivity index (χ1v) is 6.27. The highest BCUT2D eigenvalue weighted by molar-refractivity contribution is 14.1. The van der Waals surface area contributed by atoms with Crippen molar-refractivity contribution in [3.63, 3.8) is 0 Å². The maximum absolute atomic E-state index is 11.6. The number of anilines is 1. The highest BCUT2D eigenvalue weighted by Gasteiger charge is 2.56. The third-order valence-corrected chi connectivity index (χ3v) is 3.74. The summed E-state index contributed by atoms with van der Waals surface area (Å²) < 4.78 is 0.218. The first kappa shape index (κ1) is 11.5. The topological polar surface area (TPSA) is 29.1 Å². The van der Waals surface area contributed by atoms with E-state index in [1.807, 2.05) is 24.3 Å². The van der Waals surface area contributed by atoms with Crippen molar-refractivity contribution < 1.29 is 4.79 Å². The molecule has 2 rings (SSSR count). The Hall–Kier alpha value is -0.000000000000000222. The van der Waals surface area contributed by atoms with Crippen molar-refractivity contribution in [1.29, 1.82) is 0 Å². The number of carbonyl (C=O) groups is 1. The maximum atomic E-state index is 11.6. The van der Waals surface area contributed by atoms with Gasteiger partial charge in [-0.25, -0.2) is 0 Å². The van der Waals surface area contributed by atoms with Crippen LogP contribution >= 0.6 is 45.8 Å². The SMILES string of the molecule is O=C(Nc1cccc(I)c1)[C@H]1CC1(Cl)Cl. The molecule has 1 aromatic carbocycles. The third-order valence-electron chi connectivity index (χ3n) is 2.23. The van der Waals surface area contributed by atoms with Crippen molar-refractivity contribution in [2.75, 3.05) is 5.32 Å². The number of rotatable bonds is 2. The van der Waals surface area contributed by atoms with E-state index in [2.05, 4.69) is 27.9 Å². The van der Waals surface area contributed by atoms with Gasteiger partial charge in [0.15, 0.2) is 0 Å². The molecule has 0 aromatic heterocycles. The molecule has 1 amide bonds. The minimum Gasteiger partial charge on any atom is -0.326 e. The summed E-state index contributed by atoms with van der Waals surface area (Å²) in [5, 5.41) is 2.79. The van der Waals surface area contributed by atoms with Gasteiger partial charge in [-0.15, -0.1) is 23.2 Å². The summed E-state index contributed by atoms with van der Waals surface area (Å²) in [6.45, 7) is 0. The second kappa shape index (κ2) is 4.11. The molecule has 1 saturated carbocycles. The Morgan fingerprint density at radius 1 is 1.53 bits per heavy atom. The molecule has 0 bridgehead atoms. The maximum Gasteiger partial charge on any atom is 0.230 e. The summed E-state index contributed by atoms with van der Waals surface area (Å²) in [5.41, 5.74) is 0.780. The van der Waals surface area contributed by atoms with Crippen molar-refractivity contribution >= 4 is 57.4 Å². The Labute approximate surface area is 111 Å². The fourth-order valence-corrected chi connectivity index (χ4v) is 2.34. The van der Waals surface area contributed by atoms with Crippen LogP contribution in [-0.2, 0) is 4.79 Å². The number of halogens is 3. The van der Waals surface area contributed by atoms with Crippen LogP contribution in [0, 0.1) is 9.49 Å². The van der Waals surface area contributed by atoms with E-state index in [-0.39, 0.29) is 11.8 Å². The molecule has 15 heavy (non-hydrogen) atoms. The molecule has 0 aliphatic heterocycles. The number of alkyl halides is 2. The minimum absolute atomic E-state index is 0.109. The van der Waals surface area contributed by atoms with E-state index in [1.54, 1.807) is 0 Å². The summed E-state index contributed by atoms with van der Waals surface area (Å²) in [5.74, 6) is -0.388. The van der Waals surface area contributed by atoms with Gasteiger partial charge in [-0.2, -0.15) is 0 Å². The summed E-state index contributed by atoms with van der Waals surface area (Å²) >= 11 is 13.8. The van der Waals surface area contributed by atoms with E-state index in [0.29, 0.717) is 6.42 Å². The normalized spacial score (nSPS) is 22.2. The van der Waals surface area contributed by atoms with Gasteiger partial charge in [0.05, 0.1) is 5.92 Å². The van der Waals surface area contributed by atoms with Gasteiger partial charge in [-0.05, 0) is 47.2 Å². The molecule has 1 aromatic rings. The number of hydrogen-bond donors (Lipinski definition) is 1. The van der Waals surface area contributed by atoms with Gasteiger partial charge in [0.2, 0.25) is 5.91 Å².